The molecule has 0 bridgehead atoms. The van der Waals surface area contributed by atoms with Gasteiger partial charge in [-0.3, -0.25) is 9.48 Å². The predicted molar refractivity (Wildman–Crippen MR) is 102 cm³/mol. The number of carbonyl (C=O) groups excluding carboxylic acids is 1. The van der Waals surface area contributed by atoms with Gasteiger partial charge >= 0.3 is 0 Å². The molecule has 1 aromatic heterocycles. The molecule has 4 nitrogen and oxygen atoms in total. The van der Waals surface area contributed by atoms with Gasteiger partial charge in [0.25, 0.3) is 5.91 Å². The van der Waals surface area contributed by atoms with Gasteiger partial charge in [-0.15, -0.1) is 0 Å². The van der Waals surface area contributed by atoms with Crippen molar-refractivity contribution in [3.63, 3.8) is 0 Å². The summed E-state index contributed by atoms with van der Waals surface area (Å²) < 4.78 is 1.76. The Bertz CT molecular complexity index is 914. The van der Waals surface area contributed by atoms with Crippen LogP contribution in [0.3, 0.4) is 0 Å². The van der Waals surface area contributed by atoms with E-state index in [4.69, 9.17) is 23.2 Å². The molecule has 0 saturated carbocycles. The quantitative estimate of drug-likeness (QED) is 0.690. The summed E-state index contributed by atoms with van der Waals surface area (Å²) in [4.78, 5) is 12.4. The lowest BCUT2D eigenvalue weighted by molar-refractivity contribution is 0.102. The third-order valence-electron chi connectivity index (χ3n) is 3.98. The van der Waals surface area contributed by atoms with Crippen LogP contribution >= 0.6 is 23.2 Å². The number of rotatable bonds is 4. The third-order valence-corrected chi connectivity index (χ3v) is 4.69. The van der Waals surface area contributed by atoms with Crippen molar-refractivity contribution < 1.29 is 4.79 Å². The monoisotopic (exact) mass is 373 g/mol. The van der Waals surface area contributed by atoms with Gasteiger partial charge in [-0.2, -0.15) is 5.10 Å². The van der Waals surface area contributed by atoms with E-state index in [0.29, 0.717) is 28.0 Å². The van der Waals surface area contributed by atoms with Gasteiger partial charge in [0.05, 0.1) is 6.54 Å². The SMILES string of the molecule is Cc1ccccc1C(=O)Nc1cc(C)n(Cc2c(Cl)cccc2Cl)n1. The Morgan fingerprint density at radius 1 is 1.08 bits per heavy atom. The maximum atomic E-state index is 12.4. The summed E-state index contributed by atoms with van der Waals surface area (Å²) in [5.41, 5.74) is 3.24. The van der Waals surface area contributed by atoms with Crippen LogP contribution < -0.4 is 5.32 Å². The first kappa shape index (κ1) is 17.5. The van der Waals surface area contributed by atoms with Crippen molar-refractivity contribution in [2.45, 2.75) is 20.4 Å². The largest absolute Gasteiger partial charge is 0.305 e. The van der Waals surface area contributed by atoms with Crippen molar-refractivity contribution in [3.05, 3.63) is 81.0 Å². The van der Waals surface area contributed by atoms with Crippen LogP contribution in [0.4, 0.5) is 5.82 Å². The number of aryl methyl sites for hydroxylation is 2. The van der Waals surface area contributed by atoms with Crippen molar-refractivity contribution in [2.24, 2.45) is 0 Å². The second-order valence-corrected chi connectivity index (χ2v) is 6.61. The highest BCUT2D eigenvalue weighted by Gasteiger charge is 2.13. The Balaban J connectivity index is 1.81. The topological polar surface area (TPSA) is 46.9 Å². The summed E-state index contributed by atoms with van der Waals surface area (Å²) >= 11 is 12.5. The molecule has 0 radical (unpaired) electrons. The lowest BCUT2D eigenvalue weighted by atomic mass is 10.1. The molecule has 1 heterocycles. The first-order chi connectivity index (χ1) is 12.0. The van der Waals surface area contributed by atoms with Gasteiger partial charge in [-0.25, -0.2) is 0 Å². The molecule has 0 unspecified atom stereocenters. The molecule has 3 aromatic rings. The number of hydrogen-bond acceptors (Lipinski definition) is 2. The van der Waals surface area contributed by atoms with Crippen molar-refractivity contribution in [3.8, 4) is 0 Å². The van der Waals surface area contributed by atoms with Gasteiger partial charge in [-0.05, 0) is 37.6 Å². The zero-order valence-corrected chi connectivity index (χ0v) is 15.4. The van der Waals surface area contributed by atoms with Crippen molar-refractivity contribution in [1.29, 1.82) is 0 Å². The summed E-state index contributed by atoms with van der Waals surface area (Å²) in [6.07, 6.45) is 0. The number of benzene rings is 2. The number of carbonyl (C=O) groups is 1. The van der Waals surface area contributed by atoms with Gasteiger partial charge in [-0.1, -0.05) is 47.5 Å². The molecule has 0 spiro atoms. The highest BCUT2D eigenvalue weighted by Crippen LogP contribution is 2.26. The summed E-state index contributed by atoms with van der Waals surface area (Å²) in [5.74, 6) is 0.312. The molecule has 1 amide bonds. The molecule has 128 valence electrons. The fraction of sp³-hybridized carbons (Fsp3) is 0.158. The number of nitrogens with one attached hydrogen (secondary N) is 1. The average molecular weight is 374 g/mol. The van der Waals surface area contributed by atoms with E-state index in [1.165, 1.54) is 0 Å². The maximum Gasteiger partial charge on any atom is 0.257 e. The van der Waals surface area contributed by atoms with Crippen LogP contribution in [0.5, 0.6) is 0 Å². The van der Waals surface area contributed by atoms with E-state index in [9.17, 15) is 4.79 Å². The van der Waals surface area contributed by atoms with E-state index in [1.807, 2.05) is 38.1 Å². The normalized spacial score (nSPS) is 10.7. The molecule has 0 atom stereocenters. The van der Waals surface area contributed by atoms with Gasteiger partial charge in [0.2, 0.25) is 0 Å². The predicted octanol–water partition coefficient (Wildman–Crippen LogP) is 5.11. The third kappa shape index (κ3) is 3.86. The second-order valence-electron chi connectivity index (χ2n) is 5.80. The molecule has 0 saturated heterocycles. The number of halogens is 2. The standard InChI is InChI=1S/C19H17Cl2N3O/c1-12-6-3-4-7-14(12)19(25)22-18-10-13(2)24(23-18)11-15-16(20)8-5-9-17(15)21/h3-10H,11H2,1-2H3,(H,22,23,25). The Hall–Kier alpha value is -2.30. The van der Waals surface area contributed by atoms with Gasteiger partial charge < -0.3 is 5.32 Å². The average Bonchev–Trinajstić information content (AvgIpc) is 2.90. The first-order valence-corrected chi connectivity index (χ1v) is 8.55. The van der Waals surface area contributed by atoms with Gasteiger partial charge in [0, 0.05) is 32.9 Å². The number of amides is 1. The van der Waals surface area contributed by atoms with Gasteiger partial charge in [0.1, 0.15) is 0 Å². The number of hydrogen-bond donors (Lipinski definition) is 1. The summed E-state index contributed by atoms with van der Waals surface area (Å²) in [7, 11) is 0. The Morgan fingerprint density at radius 3 is 2.44 bits per heavy atom. The van der Waals surface area contributed by atoms with Crippen LogP contribution in [-0.2, 0) is 6.54 Å². The molecular formula is C19H17Cl2N3O. The van der Waals surface area contributed by atoms with E-state index < -0.39 is 0 Å². The van der Waals surface area contributed by atoms with E-state index in [1.54, 1.807) is 28.9 Å². The smallest absolute Gasteiger partial charge is 0.257 e. The van der Waals surface area contributed by atoms with E-state index >= 15 is 0 Å². The zero-order valence-electron chi connectivity index (χ0n) is 13.9. The van der Waals surface area contributed by atoms with Gasteiger partial charge in [0.15, 0.2) is 5.82 Å². The number of nitrogens with zero attached hydrogens (tertiary/aromatic N) is 2. The van der Waals surface area contributed by atoms with Crippen LogP contribution in [-0.4, -0.2) is 15.7 Å². The Labute approximate surface area is 156 Å². The van der Waals surface area contributed by atoms with E-state index in [-0.39, 0.29) is 5.91 Å². The molecule has 0 aliphatic carbocycles. The van der Waals surface area contributed by atoms with Crippen molar-refractivity contribution in [2.75, 3.05) is 5.32 Å². The van der Waals surface area contributed by atoms with Crippen LogP contribution in [0.1, 0.15) is 27.2 Å². The molecule has 3 rings (SSSR count). The minimum Gasteiger partial charge on any atom is -0.305 e. The highest BCUT2D eigenvalue weighted by atomic mass is 35.5. The van der Waals surface area contributed by atoms with Crippen LogP contribution in [0.15, 0.2) is 48.5 Å². The van der Waals surface area contributed by atoms with E-state index in [0.717, 1.165) is 16.8 Å². The molecule has 0 fully saturated rings. The lowest BCUT2D eigenvalue weighted by Crippen LogP contribution is -2.14. The molecule has 0 aliphatic rings. The van der Waals surface area contributed by atoms with E-state index in [2.05, 4.69) is 10.4 Å². The molecule has 25 heavy (non-hydrogen) atoms. The second kappa shape index (κ2) is 7.30. The molecule has 1 N–H and O–H groups in total. The summed E-state index contributed by atoms with van der Waals surface area (Å²) in [6.45, 7) is 4.25. The molecule has 2 aromatic carbocycles. The maximum absolute atomic E-state index is 12.4. The number of anilines is 1. The minimum atomic E-state index is -0.182. The first-order valence-electron chi connectivity index (χ1n) is 7.80. The van der Waals surface area contributed by atoms with Crippen LogP contribution in [0.2, 0.25) is 10.0 Å². The fourth-order valence-electron chi connectivity index (χ4n) is 2.58. The summed E-state index contributed by atoms with van der Waals surface area (Å²) in [5, 5.41) is 8.47. The molecular weight excluding hydrogens is 357 g/mol. The molecule has 6 heteroatoms. The Kier molecular flexibility index (Phi) is 5.11. The Morgan fingerprint density at radius 2 is 1.76 bits per heavy atom. The molecule has 0 aliphatic heterocycles. The fourth-order valence-corrected chi connectivity index (χ4v) is 3.09. The van der Waals surface area contributed by atoms with Crippen molar-refractivity contribution >= 4 is 34.9 Å². The van der Waals surface area contributed by atoms with Crippen molar-refractivity contribution in [1.82, 2.24) is 9.78 Å². The highest BCUT2D eigenvalue weighted by molar-refractivity contribution is 6.35. The summed E-state index contributed by atoms with van der Waals surface area (Å²) in [6, 6.07) is 14.6. The number of aromatic nitrogens is 2. The van der Waals surface area contributed by atoms with Crippen LogP contribution in [0.25, 0.3) is 0 Å². The lowest BCUT2D eigenvalue weighted by Gasteiger charge is -2.08. The zero-order chi connectivity index (χ0) is 18.0. The minimum absolute atomic E-state index is 0.182. The van der Waals surface area contributed by atoms with Crippen LogP contribution in [0, 0.1) is 13.8 Å².